The maximum absolute atomic E-state index is 11.4. The van der Waals surface area contributed by atoms with Crippen LogP contribution in [0.5, 0.6) is 11.5 Å². The fraction of sp³-hybridized carbons (Fsp3) is 0.444. The molecule has 1 atom stereocenters. The molecule has 2 aromatic carbocycles. The number of aryl methyl sites for hydroxylation is 1. The van der Waals surface area contributed by atoms with E-state index in [1.165, 1.54) is 25.5 Å². The van der Waals surface area contributed by atoms with Crippen LogP contribution in [0.15, 0.2) is 53.5 Å². The van der Waals surface area contributed by atoms with E-state index >= 15 is 0 Å². The van der Waals surface area contributed by atoms with Crippen LogP contribution in [0.25, 0.3) is 0 Å². The Bertz CT molecular complexity index is 900. The summed E-state index contributed by atoms with van der Waals surface area (Å²) in [4.78, 5) is 24.7. The maximum Gasteiger partial charge on any atom is 0.253 e. The molecule has 0 unspecified atom stereocenters. The van der Waals surface area contributed by atoms with E-state index in [-0.39, 0.29) is 25.0 Å². The van der Waals surface area contributed by atoms with Crippen LogP contribution in [0, 0.1) is 5.92 Å². The molecule has 0 radical (unpaired) electrons. The van der Waals surface area contributed by atoms with Gasteiger partial charge in [-0.3, -0.25) is 9.59 Å². The van der Waals surface area contributed by atoms with Crippen molar-refractivity contribution in [2.45, 2.75) is 52.5 Å². The van der Waals surface area contributed by atoms with Crippen LogP contribution in [0.3, 0.4) is 0 Å². The average molecular weight is 503 g/mol. The van der Waals surface area contributed by atoms with Crippen LogP contribution in [0.4, 0.5) is 0 Å². The molecule has 200 valence electrons. The Morgan fingerprint density at radius 3 is 2.17 bits per heavy atom. The van der Waals surface area contributed by atoms with Gasteiger partial charge in [0.2, 0.25) is 6.41 Å². The van der Waals surface area contributed by atoms with E-state index in [0.717, 1.165) is 12.0 Å². The number of hydrogen-bond acceptors (Lipinski definition) is 5. The second kappa shape index (κ2) is 19.7. The van der Waals surface area contributed by atoms with Gasteiger partial charge in [-0.1, -0.05) is 63.6 Å². The van der Waals surface area contributed by atoms with Crippen LogP contribution in [-0.2, 0) is 22.4 Å². The molecule has 36 heavy (non-hydrogen) atoms. The lowest BCUT2D eigenvalue weighted by Gasteiger charge is -2.14. The van der Waals surface area contributed by atoms with Gasteiger partial charge in [0.15, 0.2) is 17.5 Å². The van der Waals surface area contributed by atoms with Gasteiger partial charge >= 0.3 is 0 Å². The minimum absolute atomic E-state index is 0.0247. The zero-order valence-corrected chi connectivity index (χ0v) is 22.1. The third-order valence-corrected chi connectivity index (χ3v) is 4.72. The molecule has 6 N–H and O–H groups in total. The van der Waals surface area contributed by atoms with E-state index in [4.69, 9.17) is 26.0 Å². The molecule has 0 aliphatic rings. The number of hydrogen-bond donors (Lipinski definition) is 4. The van der Waals surface area contributed by atoms with E-state index in [2.05, 4.69) is 61.4 Å². The number of aliphatic imine (C=N–C) groups is 1. The minimum atomic E-state index is -0.405. The summed E-state index contributed by atoms with van der Waals surface area (Å²) in [5.74, 6) is 1.02. The lowest BCUT2D eigenvalue weighted by molar-refractivity contribution is -0.117. The lowest BCUT2D eigenvalue weighted by atomic mass is 10.1. The first-order chi connectivity index (χ1) is 17.2. The highest BCUT2D eigenvalue weighted by atomic mass is 16.5. The first kappa shape index (κ1) is 32.4. The fourth-order valence-corrected chi connectivity index (χ4v) is 3.14. The second-order valence-electron chi connectivity index (χ2n) is 8.33. The molecule has 0 aliphatic carbocycles. The van der Waals surface area contributed by atoms with Gasteiger partial charge < -0.3 is 31.4 Å². The standard InChI is InChI=1S/C11H15N3O3.C9H12.C7H15NO2/c1-16-8-4-3-7(5-9(8)17-2)6-10(15)14-11(12)13;1-2-6-9-7-4-3-5-8-9;1-6(2)3-7(4-9)8-5-10/h3-5H,6H2,1-2H3,(H4,12,13,14,15);3-5,7-8H,2,6H2,1H3;5-7,9H,3-4H2,1-2H3,(H,8,10)/t;;7-/m..1/s1. The third kappa shape index (κ3) is 15.3. The molecule has 0 spiro atoms. The lowest BCUT2D eigenvalue weighted by Crippen LogP contribution is -2.32. The number of carbonyl (C=O) groups excluding carboxylic acids is 2. The Morgan fingerprint density at radius 2 is 1.69 bits per heavy atom. The van der Waals surface area contributed by atoms with Crippen molar-refractivity contribution in [1.82, 2.24) is 5.32 Å². The molecule has 0 saturated heterocycles. The van der Waals surface area contributed by atoms with E-state index in [1.54, 1.807) is 25.3 Å². The topological polar surface area (TPSA) is 149 Å². The van der Waals surface area contributed by atoms with Crippen LogP contribution in [0.1, 0.15) is 44.7 Å². The van der Waals surface area contributed by atoms with Crippen molar-refractivity contribution >= 4 is 18.3 Å². The summed E-state index contributed by atoms with van der Waals surface area (Å²) < 4.78 is 10.2. The first-order valence-electron chi connectivity index (χ1n) is 11.9. The fourth-order valence-electron chi connectivity index (χ4n) is 3.14. The Morgan fingerprint density at radius 1 is 1.06 bits per heavy atom. The predicted molar refractivity (Wildman–Crippen MR) is 144 cm³/mol. The molecule has 0 fully saturated rings. The quantitative estimate of drug-likeness (QED) is 0.210. The normalized spacial score (nSPS) is 10.5. The van der Waals surface area contributed by atoms with E-state index < -0.39 is 5.91 Å². The minimum Gasteiger partial charge on any atom is -0.493 e. The van der Waals surface area contributed by atoms with Gasteiger partial charge in [-0.25, -0.2) is 0 Å². The largest absolute Gasteiger partial charge is 0.493 e. The highest BCUT2D eigenvalue weighted by Gasteiger charge is 2.08. The van der Waals surface area contributed by atoms with Gasteiger partial charge in [-0.05, 0) is 42.0 Å². The van der Waals surface area contributed by atoms with Gasteiger partial charge in [0.25, 0.3) is 5.91 Å². The first-order valence-corrected chi connectivity index (χ1v) is 11.9. The summed E-state index contributed by atoms with van der Waals surface area (Å²) in [6, 6.07) is 15.7. The van der Waals surface area contributed by atoms with Gasteiger partial charge in [0, 0.05) is 0 Å². The van der Waals surface area contributed by atoms with Crippen LogP contribution in [0.2, 0.25) is 0 Å². The average Bonchev–Trinajstić information content (AvgIpc) is 2.84. The number of amides is 2. The highest BCUT2D eigenvalue weighted by Crippen LogP contribution is 2.27. The van der Waals surface area contributed by atoms with Crippen LogP contribution >= 0.6 is 0 Å². The number of carbonyl (C=O) groups is 2. The number of methoxy groups -OCH3 is 2. The molecule has 0 aliphatic heterocycles. The molecule has 9 nitrogen and oxygen atoms in total. The zero-order valence-electron chi connectivity index (χ0n) is 22.1. The summed E-state index contributed by atoms with van der Waals surface area (Å²) >= 11 is 0. The number of nitrogens with two attached hydrogens (primary N) is 2. The Labute approximate surface area is 214 Å². The molecule has 2 rings (SSSR count). The Balaban J connectivity index is 0.000000551. The molecule has 0 heterocycles. The number of rotatable bonds is 11. The van der Waals surface area contributed by atoms with Gasteiger partial charge in [-0.2, -0.15) is 4.99 Å². The maximum atomic E-state index is 11.4. The van der Waals surface area contributed by atoms with Crippen molar-refractivity contribution in [3.05, 3.63) is 59.7 Å². The molecule has 2 amide bonds. The van der Waals surface area contributed by atoms with Crippen molar-refractivity contribution in [3.8, 4) is 11.5 Å². The molecule has 9 heteroatoms. The smallest absolute Gasteiger partial charge is 0.253 e. The summed E-state index contributed by atoms with van der Waals surface area (Å²) in [6.45, 7) is 6.33. The van der Waals surface area contributed by atoms with Gasteiger partial charge in [0.05, 0.1) is 33.3 Å². The van der Waals surface area contributed by atoms with Gasteiger partial charge in [-0.15, -0.1) is 0 Å². The number of ether oxygens (including phenoxy) is 2. The third-order valence-electron chi connectivity index (χ3n) is 4.72. The second-order valence-corrected chi connectivity index (χ2v) is 8.33. The number of benzene rings is 2. The van der Waals surface area contributed by atoms with Crippen molar-refractivity contribution in [2.24, 2.45) is 22.4 Å². The van der Waals surface area contributed by atoms with Crippen LogP contribution < -0.4 is 26.3 Å². The van der Waals surface area contributed by atoms with E-state index in [9.17, 15) is 9.59 Å². The number of nitrogens with zero attached hydrogens (tertiary/aromatic N) is 1. The van der Waals surface area contributed by atoms with Crippen molar-refractivity contribution in [2.75, 3.05) is 20.8 Å². The number of nitrogens with one attached hydrogen (secondary N) is 1. The summed E-state index contributed by atoms with van der Waals surface area (Å²) in [6.07, 6.45) is 4.02. The predicted octanol–water partition coefficient (Wildman–Crippen LogP) is 2.82. The zero-order chi connectivity index (χ0) is 27.3. The van der Waals surface area contributed by atoms with Crippen molar-refractivity contribution in [3.63, 3.8) is 0 Å². The van der Waals surface area contributed by atoms with E-state index in [0.29, 0.717) is 23.8 Å². The monoisotopic (exact) mass is 502 g/mol. The molecular weight excluding hydrogens is 460 g/mol. The van der Waals surface area contributed by atoms with Crippen molar-refractivity contribution in [1.29, 1.82) is 0 Å². The highest BCUT2D eigenvalue weighted by molar-refractivity contribution is 5.92. The number of aliphatic hydroxyl groups is 1. The summed E-state index contributed by atoms with van der Waals surface area (Å²) in [7, 11) is 3.07. The Kier molecular flexibility index (Phi) is 17.7. The summed E-state index contributed by atoms with van der Waals surface area (Å²) in [5, 5.41) is 11.2. The number of aliphatic hydroxyl groups excluding tert-OH is 1. The molecule has 2 aromatic rings. The molecule has 0 saturated carbocycles. The molecular formula is C27H42N4O5. The van der Waals surface area contributed by atoms with E-state index in [1.807, 2.05) is 0 Å². The summed E-state index contributed by atoms with van der Waals surface area (Å²) in [5.41, 5.74) is 12.4. The molecule has 0 aromatic heterocycles. The Hall–Kier alpha value is -3.59. The van der Waals surface area contributed by atoms with Crippen molar-refractivity contribution < 1.29 is 24.2 Å². The number of guanidine groups is 1. The SMILES string of the molecule is CC(C)C[C@H](CO)NC=O.CCCc1ccccc1.COc1ccc(CC(=O)N=C(N)N)cc1OC. The molecule has 0 bridgehead atoms. The van der Waals surface area contributed by atoms with Gasteiger partial charge in [0.1, 0.15) is 0 Å². The van der Waals surface area contributed by atoms with Crippen LogP contribution in [-0.4, -0.2) is 50.3 Å².